The maximum Gasteiger partial charge on any atom is 0.0600 e. The van der Waals surface area contributed by atoms with Crippen LogP contribution in [-0.2, 0) is 4.74 Å². The van der Waals surface area contributed by atoms with Gasteiger partial charge in [0.2, 0.25) is 0 Å². The molecule has 1 aliphatic rings. The molecule has 0 saturated carbocycles. The van der Waals surface area contributed by atoms with Crippen molar-refractivity contribution in [2.45, 2.75) is 57.7 Å². The molecule has 1 fully saturated rings. The first-order valence-corrected chi connectivity index (χ1v) is 5.12. The van der Waals surface area contributed by atoms with Crippen LogP contribution in [0.1, 0.15) is 45.4 Å². The molecule has 0 aromatic carbocycles. The van der Waals surface area contributed by atoms with Crippen LogP contribution in [0.15, 0.2) is 0 Å². The monoisotopic (exact) mass is 172 g/mol. The van der Waals surface area contributed by atoms with Crippen molar-refractivity contribution in [1.82, 2.24) is 0 Å². The van der Waals surface area contributed by atoms with Crippen LogP contribution in [-0.4, -0.2) is 23.9 Å². The molecule has 2 nitrogen and oxygen atoms in total. The van der Waals surface area contributed by atoms with Gasteiger partial charge in [-0.15, -0.1) is 0 Å². The fourth-order valence-electron chi connectivity index (χ4n) is 1.69. The van der Waals surface area contributed by atoms with E-state index in [1.165, 1.54) is 12.8 Å². The van der Waals surface area contributed by atoms with Gasteiger partial charge in [-0.3, -0.25) is 0 Å². The second kappa shape index (κ2) is 5.55. The highest BCUT2D eigenvalue weighted by Gasteiger charge is 2.18. The van der Waals surface area contributed by atoms with E-state index in [-0.39, 0.29) is 6.10 Å². The molecule has 2 unspecified atom stereocenters. The summed E-state index contributed by atoms with van der Waals surface area (Å²) in [6, 6.07) is 0. The lowest BCUT2D eigenvalue weighted by atomic mass is 10.0. The Labute approximate surface area is 74.9 Å². The van der Waals surface area contributed by atoms with Crippen LogP contribution in [0.3, 0.4) is 0 Å². The fourth-order valence-corrected chi connectivity index (χ4v) is 1.69. The van der Waals surface area contributed by atoms with E-state index in [1.807, 2.05) is 0 Å². The summed E-state index contributed by atoms with van der Waals surface area (Å²) in [5.41, 5.74) is 0. The number of ether oxygens (including phenoxy) is 1. The molecule has 0 aromatic rings. The molecule has 0 amide bonds. The zero-order valence-electron chi connectivity index (χ0n) is 7.96. The van der Waals surface area contributed by atoms with Crippen LogP contribution in [0, 0.1) is 0 Å². The van der Waals surface area contributed by atoms with Crippen molar-refractivity contribution in [3.63, 3.8) is 0 Å². The van der Waals surface area contributed by atoms with Gasteiger partial charge in [0.05, 0.1) is 12.2 Å². The Morgan fingerprint density at radius 1 is 1.58 bits per heavy atom. The molecule has 1 saturated heterocycles. The Hall–Kier alpha value is -0.0800. The number of unbranched alkanes of at least 4 members (excludes halogenated alkanes) is 1. The van der Waals surface area contributed by atoms with Crippen LogP contribution in [0.2, 0.25) is 0 Å². The van der Waals surface area contributed by atoms with Gasteiger partial charge in [-0.25, -0.2) is 0 Å². The Morgan fingerprint density at radius 2 is 2.42 bits per heavy atom. The molecule has 1 heterocycles. The molecule has 1 N–H and O–H groups in total. The van der Waals surface area contributed by atoms with Crippen LogP contribution in [0.4, 0.5) is 0 Å². The summed E-state index contributed by atoms with van der Waals surface area (Å²) in [7, 11) is 0. The van der Waals surface area contributed by atoms with E-state index >= 15 is 0 Å². The highest BCUT2D eigenvalue weighted by Crippen LogP contribution is 2.18. The largest absolute Gasteiger partial charge is 0.393 e. The number of aliphatic hydroxyl groups excluding tert-OH is 1. The van der Waals surface area contributed by atoms with E-state index in [9.17, 15) is 5.11 Å². The SMILES string of the molecule is CCCCC(O)CC1CCCO1. The Kier molecular flexibility index (Phi) is 4.62. The smallest absolute Gasteiger partial charge is 0.0600 e. The lowest BCUT2D eigenvalue weighted by Crippen LogP contribution is -2.16. The van der Waals surface area contributed by atoms with Gasteiger partial charge in [0.25, 0.3) is 0 Å². The lowest BCUT2D eigenvalue weighted by molar-refractivity contribution is 0.0498. The average molecular weight is 172 g/mol. The van der Waals surface area contributed by atoms with Gasteiger partial charge in [0, 0.05) is 6.61 Å². The van der Waals surface area contributed by atoms with Gasteiger partial charge in [-0.05, 0) is 25.7 Å². The Bertz CT molecular complexity index is 108. The number of aliphatic hydroxyl groups is 1. The van der Waals surface area contributed by atoms with Crippen LogP contribution in [0.25, 0.3) is 0 Å². The highest BCUT2D eigenvalue weighted by atomic mass is 16.5. The molecule has 1 aliphatic heterocycles. The second-order valence-corrected chi connectivity index (χ2v) is 3.67. The van der Waals surface area contributed by atoms with Crippen molar-refractivity contribution in [3.05, 3.63) is 0 Å². The Balaban J connectivity index is 2.03. The number of rotatable bonds is 5. The van der Waals surface area contributed by atoms with Crippen molar-refractivity contribution in [2.75, 3.05) is 6.61 Å². The fraction of sp³-hybridized carbons (Fsp3) is 1.00. The van der Waals surface area contributed by atoms with Crippen molar-refractivity contribution >= 4 is 0 Å². The first-order chi connectivity index (χ1) is 5.83. The molecule has 0 radical (unpaired) electrons. The van der Waals surface area contributed by atoms with E-state index in [1.54, 1.807) is 0 Å². The molecule has 72 valence electrons. The molecule has 12 heavy (non-hydrogen) atoms. The minimum Gasteiger partial charge on any atom is -0.393 e. The summed E-state index contributed by atoms with van der Waals surface area (Å²) in [4.78, 5) is 0. The summed E-state index contributed by atoms with van der Waals surface area (Å²) < 4.78 is 5.44. The summed E-state index contributed by atoms with van der Waals surface area (Å²) in [6.07, 6.45) is 6.62. The summed E-state index contributed by atoms with van der Waals surface area (Å²) >= 11 is 0. The van der Waals surface area contributed by atoms with Crippen LogP contribution in [0.5, 0.6) is 0 Å². The van der Waals surface area contributed by atoms with Gasteiger partial charge < -0.3 is 9.84 Å². The van der Waals surface area contributed by atoms with Gasteiger partial charge in [0.1, 0.15) is 0 Å². The lowest BCUT2D eigenvalue weighted by Gasteiger charge is -2.14. The van der Waals surface area contributed by atoms with Gasteiger partial charge in [-0.1, -0.05) is 19.8 Å². The normalized spacial score (nSPS) is 26.0. The minimum absolute atomic E-state index is 0.131. The van der Waals surface area contributed by atoms with E-state index in [0.717, 1.165) is 32.3 Å². The zero-order valence-corrected chi connectivity index (χ0v) is 7.96. The maximum atomic E-state index is 9.56. The zero-order chi connectivity index (χ0) is 8.81. The van der Waals surface area contributed by atoms with Gasteiger partial charge >= 0.3 is 0 Å². The summed E-state index contributed by atoms with van der Waals surface area (Å²) in [5.74, 6) is 0. The average Bonchev–Trinajstić information content (AvgIpc) is 2.53. The predicted octanol–water partition coefficient (Wildman–Crippen LogP) is 2.11. The highest BCUT2D eigenvalue weighted by molar-refractivity contribution is 4.69. The van der Waals surface area contributed by atoms with E-state index in [0.29, 0.717) is 6.10 Å². The molecular formula is C10H20O2. The van der Waals surface area contributed by atoms with E-state index in [4.69, 9.17) is 4.74 Å². The summed E-state index contributed by atoms with van der Waals surface area (Å²) in [5, 5.41) is 9.56. The Morgan fingerprint density at radius 3 is 3.00 bits per heavy atom. The molecule has 2 atom stereocenters. The first kappa shape index (κ1) is 10.0. The number of hydrogen-bond acceptors (Lipinski definition) is 2. The molecule has 2 heteroatoms. The molecule has 0 spiro atoms. The molecular weight excluding hydrogens is 152 g/mol. The third-order valence-corrected chi connectivity index (χ3v) is 2.45. The van der Waals surface area contributed by atoms with E-state index < -0.39 is 0 Å². The quantitative estimate of drug-likeness (QED) is 0.688. The second-order valence-electron chi connectivity index (χ2n) is 3.67. The van der Waals surface area contributed by atoms with Gasteiger partial charge in [-0.2, -0.15) is 0 Å². The van der Waals surface area contributed by atoms with E-state index in [2.05, 4.69) is 6.92 Å². The van der Waals surface area contributed by atoms with Crippen molar-refractivity contribution in [2.24, 2.45) is 0 Å². The molecule has 0 aromatic heterocycles. The maximum absolute atomic E-state index is 9.56. The van der Waals surface area contributed by atoms with Crippen LogP contribution < -0.4 is 0 Å². The van der Waals surface area contributed by atoms with Crippen molar-refractivity contribution in [3.8, 4) is 0 Å². The third kappa shape index (κ3) is 3.55. The third-order valence-electron chi connectivity index (χ3n) is 2.45. The molecule has 0 bridgehead atoms. The van der Waals surface area contributed by atoms with Gasteiger partial charge in [0.15, 0.2) is 0 Å². The molecule has 1 rings (SSSR count). The van der Waals surface area contributed by atoms with Crippen molar-refractivity contribution < 1.29 is 9.84 Å². The molecule has 0 aliphatic carbocycles. The number of hydrogen-bond donors (Lipinski definition) is 1. The minimum atomic E-state index is -0.131. The van der Waals surface area contributed by atoms with Crippen molar-refractivity contribution in [1.29, 1.82) is 0 Å². The first-order valence-electron chi connectivity index (χ1n) is 5.12. The summed E-state index contributed by atoms with van der Waals surface area (Å²) in [6.45, 7) is 3.05. The standard InChI is InChI=1S/C10H20O2/c1-2-3-5-9(11)8-10-6-4-7-12-10/h9-11H,2-8H2,1H3. The topological polar surface area (TPSA) is 29.5 Å². The predicted molar refractivity (Wildman–Crippen MR) is 49.1 cm³/mol. The van der Waals surface area contributed by atoms with Crippen LogP contribution >= 0.6 is 0 Å².